The highest BCUT2D eigenvalue weighted by molar-refractivity contribution is 5.94. The highest BCUT2D eigenvalue weighted by Gasteiger charge is 2.26. The fourth-order valence-corrected chi connectivity index (χ4v) is 2.68. The predicted molar refractivity (Wildman–Crippen MR) is 83.4 cm³/mol. The zero-order valence-corrected chi connectivity index (χ0v) is 12.5. The monoisotopic (exact) mass is 300 g/mol. The first-order valence-corrected chi connectivity index (χ1v) is 7.44. The van der Waals surface area contributed by atoms with Gasteiger partial charge in [-0.05, 0) is 19.0 Å². The molecule has 0 aliphatic carbocycles. The number of amides is 1. The molecule has 0 unspecified atom stereocenters. The lowest BCUT2D eigenvalue weighted by atomic mass is 10.0. The van der Waals surface area contributed by atoms with Gasteiger partial charge in [-0.25, -0.2) is 0 Å². The van der Waals surface area contributed by atoms with Gasteiger partial charge in [-0.1, -0.05) is 30.3 Å². The molecule has 1 aliphatic rings. The molecule has 1 amide bonds. The number of rotatable bonds is 3. The molecule has 1 saturated heterocycles. The number of aliphatic hydroxyl groups excluding tert-OH is 1. The van der Waals surface area contributed by atoms with Crippen molar-refractivity contribution in [1.29, 1.82) is 0 Å². The molecule has 1 fully saturated rings. The molecule has 2 heterocycles. The summed E-state index contributed by atoms with van der Waals surface area (Å²) in [7, 11) is 1.75. The number of nitrogens with zero attached hydrogens (tertiary/aromatic N) is 2. The summed E-state index contributed by atoms with van der Waals surface area (Å²) >= 11 is 0. The van der Waals surface area contributed by atoms with Crippen molar-refractivity contribution in [3.8, 4) is 11.3 Å². The van der Waals surface area contributed by atoms with Crippen molar-refractivity contribution in [2.75, 3.05) is 13.1 Å². The number of carbonyl (C=O) groups excluding carboxylic acids is 1. The number of aryl methyl sites for hydroxylation is 1. The first-order valence-electron chi connectivity index (χ1n) is 7.44. The Balaban J connectivity index is 1.77. The summed E-state index contributed by atoms with van der Waals surface area (Å²) in [5.41, 5.74) is 2.22. The Labute approximate surface area is 129 Å². The van der Waals surface area contributed by atoms with Gasteiger partial charge in [0.15, 0.2) is 0 Å². The molecule has 2 aromatic rings. The summed E-state index contributed by atoms with van der Waals surface area (Å²) in [5, 5.41) is 20.3. The lowest BCUT2D eigenvalue weighted by Crippen LogP contribution is -2.52. The fraction of sp³-hybridized carbons (Fsp3) is 0.375. The maximum Gasteiger partial charge on any atom is 0.269 e. The third kappa shape index (κ3) is 3.03. The minimum Gasteiger partial charge on any atom is -0.390 e. The number of aliphatic hydroxyl groups is 1. The third-order valence-electron chi connectivity index (χ3n) is 3.95. The zero-order chi connectivity index (χ0) is 15.5. The van der Waals surface area contributed by atoms with E-state index < -0.39 is 6.10 Å². The number of benzene rings is 1. The van der Waals surface area contributed by atoms with E-state index in [1.165, 1.54) is 0 Å². The van der Waals surface area contributed by atoms with Crippen molar-refractivity contribution < 1.29 is 9.90 Å². The highest BCUT2D eigenvalue weighted by Crippen LogP contribution is 2.18. The van der Waals surface area contributed by atoms with Gasteiger partial charge in [0.05, 0.1) is 17.8 Å². The molecule has 2 atom stereocenters. The van der Waals surface area contributed by atoms with Crippen molar-refractivity contribution >= 4 is 5.91 Å². The molecule has 22 heavy (non-hydrogen) atoms. The van der Waals surface area contributed by atoms with Crippen molar-refractivity contribution in [1.82, 2.24) is 20.4 Å². The minimum absolute atomic E-state index is 0.205. The fourth-order valence-electron chi connectivity index (χ4n) is 2.68. The minimum atomic E-state index is -0.556. The summed E-state index contributed by atoms with van der Waals surface area (Å²) in [6.07, 6.45) is 0.163. The van der Waals surface area contributed by atoms with E-state index in [2.05, 4.69) is 15.7 Å². The second kappa shape index (κ2) is 6.29. The number of nitrogens with one attached hydrogen (secondary N) is 2. The van der Waals surface area contributed by atoms with Gasteiger partial charge < -0.3 is 15.7 Å². The highest BCUT2D eigenvalue weighted by atomic mass is 16.3. The van der Waals surface area contributed by atoms with Gasteiger partial charge in [-0.15, -0.1) is 0 Å². The molecule has 1 aromatic carbocycles. The summed E-state index contributed by atoms with van der Waals surface area (Å²) in [6, 6.07) is 11.3. The van der Waals surface area contributed by atoms with Crippen LogP contribution in [0.2, 0.25) is 0 Å². The Bertz CT molecular complexity index is 653. The van der Waals surface area contributed by atoms with E-state index in [-0.39, 0.29) is 11.9 Å². The second-order valence-electron chi connectivity index (χ2n) is 5.54. The number of piperidine rings is 1. The van der Waals surface area contributed by atoms with E-state index in [0.717, 1.165) is 24.2 Å². The van der Waals surface area contributed by atoms with Gasteiger partial charge >= 0.3 is 0 Å². The van der Waals surface area contributed by atoms with E-state index in [0.29, 0.717) is 12.2 Å². The summed E-state index contributed by atoms with van der Waals surface area (Å²) < 4.78 is 1.57. The zero-order valence-electron chi connectivity index (χ0n) is 12.5. The van der Waals surface area contributed by atoms with Gasteiger partial charge in [0, 0.05) is 19.2 Å². The largest absolute Gasteiger partial charge is 0.390 e. The number of aromatic nitrogens is 2. The first kappa shape index (κ1) is 14.7. The van der Waals surface area contributed by atoms with Crippen LogP contribution in [0.15, 0.2) is 36.4 Å². The summed E-state index contributed by atoms with van der Waals surface area (Å²) in [6.45, 7) is 1.30. The Morgan fingerprint density at radius 3 is 2.91 bits per heavy atom. The Hall–Kier alpha value is -2.18. The van der Waals surface area contributed by atoms with E-state index in [9.17, 15) is 9.90 Å². The topological polar surface area (TPSA) is 79.2 Å². The Morgan fingerprint density at radius 1 is 1.41 bits per heavy atom. The molecule has 3 rings (SSSR count). The van der Waals surface area contributed by atoms with Crippen molar-refractivity contribution in [3.63, 3.8) is 0 Å². The number of carbonyl (C=O) groups is 1. The Kier molecular flexibility index (Phi) is 4.22. The SMILES string of the molecule is Cn1nc(-c2ccccc2)cc1C(=O)N[C@@H]1CCNC[C@H]1O. The van der Waals surface area contributed by atoms with Gasteiger partial charge in [-0.2, -0.15) is 5.10 Å². The number of β-amino-alcohol motifs (C(OH)–C–C–N with tert-alkyl or cyclic N) is 1. The molecule has 0 spiro atoms. The average molecular weight is 300 g/mol. The summed E-state index contributed by atoms with van der Waals surface area (Å²) in [4.78, 5) is 12.4. The van der Waals surface area contributed by atoms with Crippen LogP contribution in [0.25, 0.3) is 11.3 Å². The van der Waals surface area contributed by atoms with Gasteiger partial charge in [0.2, 0.25) is 0 Å². The van der Waals surface area contributed by atoms with Crippen LogP contribution in [-0.2, 0) is 7.05 Å². The number of hydrogen-bond donors (Lipinski definition) is 3. The third-order valence-corrected chi connectivity index (χ3v) is 3.95. The summed E-state index contributed by atoms with van der Waals surface area (Å²) in [5.74, 6) is -0.205. The van der Waals surface area contributed by atoms with Crippen molar-refractivity contribution in [2.24, 2.45) is 7.05 Å². The van der Waals surface area contributed by atoms with Crippen LogP contribution in [0, 0.1) is 0 Å². The molecular formula is C16H20N4O2. The van der Waals surface area contributed by atoms with E-state index >= 15 is 0 Å². The lowest BCUT2D eigenvalue weighted by molar-refractivity contribution is 0.0758. The predicted octanol–water partition coefficient (Wildman–Crippen LogP) is 0.540. The Morgan fingerprint density at radius 2 is 2.18 bits per heavy atom. The lowest BCUT2D eigenvalue weighted by Gasteiger charge is -2.28. The molecule has 6 heteroatoms. The maximum atomic E-state index is 12.4. The molecule has 0 bridgehead atoms. The average Bonchev–Trinajstić information content (AvgIpc) is 2.92. The molecule has 3 N–H and O–H groups in total. The van der Waals surface area contributed by atoms with Crippen LogP contribution >= 0.6 is 0 Å². The van der Waals surface area contributed by atoms with Gasteiger partial charge in [-0.3, -0.25) is 9.48 Å². The van der Waals surface area contributed by atoms with Crippen LogP contribution in [0.1, 0.15) is 16.9 Å². The van der Waals surface area contributed by atoms with E-state index in [4.69, 9.17) is 0 Å². The molecular weight excluding hydrogens is 280 g/mol. The van der Waals surface area contributed by atoms with E-state index in [1.807, 2.05) is 30.3 Å². The first-order chi connectivity index (χ1) is 10.6. The maximum absolute atomic E-state index is 12.4. The van der Waals surface area contributed by atoms with Crippen LogP contribution in [0.5, 0.6) is 0 Å². The molecule has 0 saturated carbocycles. The quantitative estimate of drug-likeness (QED) is 0.773. The van der Waals surface area contributed by atoms with Crippen molar-refractivity contribution in [3.05, 3.63) is 42.1 Å². The van der Waals surface area contributed by atoms with Crippen molar-refractivity contribution in [2.45, 2.75) is 18.6 Å². The number of hydrogen-bond acceptors (Lipinski definition) is 4. The van der Waals surface area contributed by atoms with Crippen LogP contribution in [0.4, 0.5) is 0 Å². The smallest absolute Gasteiger partial charge is 0.269 e. The van der Waals surface area contributed by atoms with Crippen LogP contribution < -0.4 is 10.6 Å². The standard InChI is InChI=1S/C16H20N4O2/c1-20-14(9-13(19-20)11-5-3-2-4-6-11)16(22)18-12-7-8-17-10-15(12)21/h2-6,9,12,15,17,21H,7-8,10H2,1H3,(H,18,22)/t12-,15-/m1/s1. The molecule has 1 aliphatic heterocycles. The van der Waals surface area contributed by atoms with E-state index in [1.54, 1.807) is 17.8 Å². The van der Waals surface area contributed by atoms with Gasteiger partial charge in [0.1, 0.15) is 5.69 Å². The van der Waals surface area contributed by atoms with Gasteiger partial charge in [0.25, 0.3) is 5.91 Å². The molecule has 1 aromatic heterocycles. The second-order valence-corrected chi connectivity index (χ2v) is 5.54. The van der Waals surface area contributed by atoms with Crippen LogP contribution in [0.3, 0.4) is 0 Å². The normalized spacial score (nSPS) is 21.5. The molecule has 0 radical (unpaired) electrons. The van der Waals surface area contributed by atoms with Crippen LogP contribution in [-0.4, -0.2) is 46.0 Å². The molecule has 116 valence electrons. The molecule has 6 nitrogen and oxygen atoms in total.